The summed E-state index contributed by atoms with van der Waals surface area (Å²) in [4.78, 5) is 0. The van der Waals surface area contributed by atoms with Crippen molar-refractivity contribution in [3.05, 3.63) is 23.8 Å². The minimum absolute atomic E-state index is 0.570. The van der Waals surface area contributed by atoms with Crippen molar-refractivity contribution in [1.29, 1.82) is 0 Å². The SMILES string of the molecule is C=C(C)[C@@H]1CC[C@](C)(O)C2=CC[C@H](C)[C@@H]2C1. The Morgan fingerprint density at radius 1 is 1.56 bits per heavy atom. The highest BCUT2D eigenvalue weighted by atomic mass is 16.3. The van der Waals surface area contributed by atoms with Crippen LogP contribution in [0, 0.1) is 17.8 Å². The van der Waals surface area contributed by atoms with Gasteiger partial charge < -0.3 is 5.11 Å². The number of hydrogen-bond acceptors (Lipinski definition) is 1. The predicted molar refractivity (Wildman–Crippen MR) is 68.1 cm³/mol. The van der Waals surface area contributed by atoms with Gasteiger partial charge in [0.15, 0.2) is 0 Å². The average molecular weight is 220 g/mol. The standard InChI is InChI=1S/C15H24O/c1-10(2)12-7-8-15(4,16)14-6-5-11(3)13(14)9-12/h6,11-13,16H,1,5,7-9H2,2-4H3/t11-,12+,13-,15-/m0/s1. The van der Waals surface area contributed by atoms with Crippen molar-refractivity contribution in [3.63, 3.8) is 0 Å². The lowest BCUT2D eigenvalue weighted by Gasteiger charge is -2.28. The Bertz CT molecular complexity index is 324. The molecule has 0 aromatic rings. The zero-order valence-electron chi connectivity index (χ0n) is 10.8. The molecule has 2 rings (SSSR count). The van der Waals surface area contributed by atoms with E-state index >= 15 is 0 Å². The van der Waals surface area contributed by atoms with Gasteiger partial charge in [0, 0.05) is 0 Å². The second kappa shape index (κ2) is 4.03. The minimum atomic E-state index is -0.570. The number of aliphatic hydroxyl groups is 1. The molecule has 0 aliphatic heterocycles. The lowest BCUT2D eigenvalue weighted by molar-refractivity contribution is 0.0809. The van der Waals surface area contributed by atoms with Gasteiger partial charge in [-0.1, -0.05) is 25.2 Å². The maximum absolute atomic E-state index is 10.5. The summed E-state index contributed by atoms with van der Waals surface area (Å²) in [5.41, 5.74) is 2.03. The summed E-state index contributed by atoms with van der Waals surface area (Å²) >= 11 is 0. The van der Waals surface area contributed by atoms with Crippen LogP contribution in [-0.2, 0) is 0 Å². The fourth-order valence-electron chi connectivity index (χ4n) is 3.39. The molecule has 0 aromatic heterocycles. The van der Waals surface area contributed by atoms with E-state index in [1.54, 1.807) is 0 Å². The predicted octanol–water partition coefficient (Wildman–Crippen LogP) is 3.70. The molecule has 1 saturated carbocycles. The van der Waals surface area contributed by atoms with Crippen LogP contribution in [0.3, 0.4) is 0 Å². The quantitative estimate of drug-likeness (QED) is 0.668. The van der Waals surface area contributed by atoms with Gasteiger partial charge in [-0.15, -0.1) is 0 Å². The first-order valence-electron chi connectivity index (χ1n) is 6.50. The zero-order valence-corrected chi connectivity index (χ0v) is 10.8. The van der Waals surface area contributed by atoms with E-state index in [1.807, 2.05) is 6.92 Å². The Morgan fingerprint density at radius 2 is 2.25 bits per heavy atom. The molecule has 0 saturated heterocycles. The third kappa shape index (κ3) is 1.98. The van der Waals surface area contributed by atoms with Gasteiger partial charge in [-0.3, -0.25) is 0 Å². The first-order valence-corrected chi connectivity index (χ1v) is 6.50. The fourth-order valence-corrected chi connectivity index (χ4v) is 3.39. The first kappa shape index (κ1) is 11.9. The van der Waals surface area contributed by atoms with E-state index in [9.17, 15) is 5.11 Å². The Morgan fingerprint density at radius 3 is 2.88 bits per heavy atom. The van der Waals surface area contributed by atoms with Crippen LogP contribution in [0.4, 0.5) is 0 Å². The highest BCUT2D eigenvalue weighted by Crippen LogP contribution is 2.47. The zero-order chi connectivity index (χ0) is 11.9. The summed E-state index contributed by atoms with van der Waals surface area (Å²) in [6.07, 6.45) is 6.59. The summed E-state index contributed by atoms with van der Waals surface area (Å²) in [6.45, 7) is 10.5. The second-order valence-corrected chi connectivity index (χ2v) is 6.07. The maximum Gasteiger partial charge on any atom is 0.0831 e. The Balaban J connectivity index is 2.27. The molecule has 0 amide bonds. The van der Waals surface area contributed by atoms with E-state index in [0.717, 1.165) is 19.3 Å². The topological polar surface area (TPSA) is 20.2 Å². The van der Waals surface area contributed by atoms with Crippen LogP contribution in [0.25, 0.3) is 0 Å². The Labute approximate surface area is 99.3 Å². The molecule has 0 unspecified atom stereocenters. The van der Waals surface area contributed by atoms with Gasteiger partial charge in [0.2, 0.25) is 0 Å². The molecule has 0 heterocycles. The van der Waals surface area contributed by atoms with E-state index in [0.29, 0.717) is 17.8 Å². The molecule has 0 spiro atoms. The molecule has 0 radical (unpaired) electrons. The van der Waals surface area contributed by atoms with Gasteiger partial charge in [-0.2, -0.15) is 0 Å². The largest absolute Gasteiger partial charge is 0.386 e. The van der Waals surface area contributed by atoms with Crippen molar-refractivity contribution in [2.24, 2.45) is 17.8 Å². The molecule has 4 atom stereocenters. The molecule has 0 aromatic carbocycles. The average Bonchev–Trinajstić information content (AvgIpc) is 2.47. The Kier molecular flexibility index (Phi) is 3.00. The van der Waals surface area contributed by atoms with Crippen molar-refractivity contribution in [3.8, 4) is 0 Å². The summed E-state index contributed by atoms with van der Waals surface area (Å²) in [5.74, 6) is 1.88. The van der Waals surface area contributed by atoms with Crippen molar-refractivity contribution in [2.75, 3.05) is 0 Å². The van der Waals surface area contributed by atoms with Crippen molar-refractivity contribution in [1.82, 2.24) is 0 Å². The summed E-state index contributed by atoms with van der Waals surface area (Å²) in [6, 6.07) is 0. The van der Waals surface area contributed by atoms with Gasteiger partial charge in [0.25, 0.3) is 0 Å². The maximum atomic E-state index is 10.5. The van der Waals surface area contributed by atoms with E-state index < -0.39 is 5.60 Å². The highest BCUT2D eigenvalue weighted by Gasteiger charge is 2.41. The number of hydrogen-bond donors (Lipinski definition) is 1. The van der Waals surface area contributed by atoms with E-state index in [4.69, 9.17) is 0 Å². The number of allylic oxidation sites excluding steroid dienone is 2. The van der Waals surface area contributed by atoms with Crippen LogP contribution in [0.1, 0.15) is 46.5 Å². The van der Waals surface area contributed by atoms with E-state index in [1.165, 1.54) is 17.6 Å². The van der Waals surface area contributed by atoms with Crippen molar-refractivity contribution in [2.45, 2.75) is 52.1 Å². The highest BCUT2D eigenvalue weighted by molar-refractivity contribution is 5.26. The monoisotopic (exact) mass is 220 g/mol. The van der Waals surface area contributed by atoms with Crippen LogP contribution in [0.5, 0.6) is 0 Å². The van der Waals surface area contributed by atoms with Gasteiger partial charge in [-0.05, 0) is 62.9 Å². The van der Waals surface area contributed by atoms with Crippen LogP contribution in [0.2, 0.25) is 0 Å². The molecule has 1 nitrogen and oxygen atoms in total. The molecular formula is C15H24O. The molecule has 2 aliphatic carbocycles. The second-order valence-electron chi connectivity index (χ2n) is 6.07. The lowest BCUT2D eigenvalue weighted by Crippen LogP contribution is -2.29. The van der Waals surface area contributed by atoms with E-state index in [2.05, 4.69) is 26.5 Å². The molecule has 16 heavy (non-hydrogen) atoms. The van der Waals surface area contributed by atoms with Crippen molar-refractivity contribution >= 4 is 0 Å². The van der Waals surface area contributed by atoms with Crippen molar-refractivity contribution < 1.29 is 5.11 Å². The van der Waals surface area contributed by atoms with Gasteiger partial charge >= 0.3 is 0 Å². The summed E-state index contributed by atoms with van der Waals surface area (Å²) < 4.78 is 0. The van der Waals surface area contributed by atoms with Crippen LogP contribution in [-0.4, -0.2) is 10.7 Å². The normalized spacial score (nSPS) is 43.5. The molecule has 2 aliphatic rings. The first-order chi connectivity index (χ1) is 7.42. The number of fused-ring (bicyclic) bond motifs is 1. The number of rotatable bonds is 1. The Hall–Kier alpha value is -0.560. The molecule has 0 bridgehead atoms. The van der Waals surface area contributed by atoms with Gasteiger partial charge in [0.05, 0.1) is 5.60 Å². The summed E-state index contributed by atoms with van der Waals surface area (Å²) in [7, 11) is 0. The summed E-state index contributed by atoms with van der Waals surface area (Å²) in [5, 5.41) is 10.5. The molecule has 1 N–H and O–H groups in total. The minimum Gasteiger partial charge on any atom is -0.386 e. The van der Waals surface area contributed by atoms with Crippen LogP contribution < -0.4 is 0 Å². The molecule has 1 heteroatoms. The van der Waals surface area contributed by atoms with E-state index in [-0.39, 0.29) is 0 Å². The third-order valence-electron chi connectivity index (χ3n) is 4.63. The van der Waals surface area contributed by atoms with Crippen LogP contribution >= 0.6 is 0 Å². The lowest BCUT2D eigenvalue weighted by atomic mass is 9.81. The molecule has 90 valence electrons. The van der Waals surface area contributed by atoms with Crippen LogP contribution in [0.15, 0.2) is 23.8 Å². The fraction of sp³-hybridized carbons (Fsp3) is 0.733. The third-order valence-corrected chi connectivity index (χ3v) is 4.63. The molecular weight excluding hydrogens is 196 g/mol. The molecule has 1 fully saturated rings. The smallest absolute Gasteiger partial charge is 0.0831 e. The van der Waals surface area contributed by atoms with Gasteiger partial charge in [0.1, 0.15) is 0 Å². The van der Waals surface area contributed by atoms with Gasteiger partial charge in [-0.25, -0.2) is 0 Å².